The number of alkyl halides is 3. The minimum Gasteiger partial charge on any atom is -0.478 e. The Morgan fingerprint density at radius 2 is 1.57 bits per heavy atom. The second kappa shape index (κ2) is 12.8. The summed E-state index contributed by atoms with van der Waals surface area (Å²) >= 11 is 0. The molecule has 0 bridgehead atoms. The first-order chi connectivity index (χ1) is 19.9. The summed E-state index contributed by atoms with van der Waals surface area (Å²) in [5.41, 5.74) is 2.68. The number of anilines is 1. The van der Waals surface area contributed by atoms with Crippen molar-refractivity contribution < 1.29 is 41.0 Å². The van der Waals surface area contributed by atoms with Crippen molar-refractivity contribution in [2.75, 3.05) is 24.5 Å². The largest absolute Gasteiger partial charge is 0.573 e. The number of nitrogens with one attached hydrogen (secondary N) is 1. The SMILES string of the molecule is CCCc1ccc(CNC(=O)[C@H]2CN(c3ccc(C(=O)O)cc3)CCN2S(=O)(=O)c2ccc(OC(F)(F)F)cc2)cc1. The van der Waals surface area contributed by atoms with Crippen molar-refractivity contribution >= 4 is 27.6 Å². The zero-order chi connectivity index (χ0) is 30.5. The number of piperazine rings is 1. The van der Waals surface area contributed by atoms with Crippen LogP contribution in [0.3, 0.4) is 0 Å². The van der Waals surface area contributed by atoms with Crippen molar-refractivity contribution in [3.63, 3.8) is 0 Å². The zero-order valence-electron chi connectivity index (χ0n) is 22.7. The van der Waals surface area contributed by atoms with Crippen molar-refractivity contribution in [1.29, 1.82) is 0 Å². The third kappa shape index (κ3) is 7.59. The maximum absolute atomic E-state index is 13.6. The van der Waals surface area contributed by atoms with Crippen LogP contribution < -0.4 is 15.0 Å². The standard InChI is InChI=1S/C29H30F3N3O6S/c1-2-3-20-4-6-21(7-5-20)18-33-27(36)26-19-34(23-10-8-22(9-11-23)28(37)38)16-17-35(26)42(39,40)25-14-12-24(13-15-25)41-29(30,31)32/h4-15,26H,2-3,16-19H2,1H3,(H,33,36)(H,37,38)/t26-/m1/s1. The average Bonchev–Trinajstić information content (AvgIpc) is 2.96. The van der Waals surface area contributed by atoms with E-state index in [-0.39, 0.29) is 36.6 Å². The molecule has 3 aromatic carbocycles. The zero-order valence-corrected chi connectivity index (χ0v) is 23.5. The van der Waals surface area contributed by atoms with Crippen LogP contribution in [-0.2, 0) is 27.8 Å². The van der Waals surface area contributed by atoms with Crippen LogP contribution in [0.5, 0.6) is 5.75 Å². The number of carbonyl (C=O) groups excluding carboxylic acids is 1. The lowest BCUT2D eigenvalue weighted by Crippen LogP contribution is -2.60. The molecule has 1 atom stereocenters. The van der Waals surface area contributed by atoms with Gasteiger partial charge in [0, 0.05) is 31.9 Å². The van der Waals surface area contributed by atoms with Crippen LogP contribution >= 0.6 is 0 Å². The van der Waals surface area contributed by atoms with Gasteiger partial charge in [-0.15, -0.1) is 13.2 Å². The lowest BCUT2D eigenvalue weighted by atomic mass is 10.1. The van der Waals surface area contributed by atoms with E-state index < -0.39 is 40.1 Å². The van der Waals surface area contributed by atoms with Crippen LogP contribution in [0.1, 0.15) is 34.8 Å². The highest BCUT2D eigenvalue weighted by molar-refractivity contribution is 7.89. The molecule has 0 unspecified atom stereocenters. The molecule has 0 aliphatic carbocycles. The fourth-order valence-electron chi connectivity index (χ4n) is 4.69. The van der Waals surface area contributed by atoms with Crippen LogP contribution in [-0.4, -0.2) is 61.7 Å². The average molecular weight is 606 g/mol. The van der Waals surface area contributed by atoms with Gasteiger partial charge in [0.15, 0.2) is 0 Å². The molecule has 0 aromatic heterocycles. The third-order valence-corrected chi connectivity index (χ3v) is 8.73. The van der Waals surface area contributed by atoms with Gasteiger partial charge in [0.25, 0.3) is 0 Å². The molecule has 1 saturated heterocycles. The van der Waals surface area contributed by atoms with Crippen molar-refractivity contribution in [3.8, 4) is 5.75 Å². The molecule has 1 heterocycles. The summed E-state index contributed by atoms with van der Waals surface area (Å²) in [5.74, 6) is -2.22. The Balaban J connectivity index is 1.57. The maximum atomic E-state index is 13.6. The van der Waals surface area contributed by atoms with Gasteiger partial charge in [-0.3, -0.25) is 4.79 Å². The van der Waals surface area contributed by atoms with Crippen molar-refractivity contribution in [3.05, 3.63) is 89.5 Å². The van der Waals surface area contributed by atoms with Crippen molar-refractivity contribution in [2.45, 2.75) is 43.6 Å². The molecular weight excluding hydrogens is 575 g/mol. The summed E-state index contributed by atoms with van der Waals surface area (Å²) in [5, 5.41) is 12.0. The lowest BCUT2D eigenvalue weighted by Gasteiger charge is -2.40. The second-order valence-corrected chi connectivity index (χ2v) is 11.6. The van der Waals surface area contributed by atoms with Gasteiger partial charge in [-0.2, -0.15) is 4.31 Å². The highest BCUT2D eigenvalue weighted by atomic mass is 32.2. The van der Waals surface area contributed by atoms with Gasteiger partial charge < -0.3 is 20.1 Å². The quantitative estimate of drug-likeness (QED) is 0.351. The molecule has 1 fully saturated rings. The number of carbonyl (C=O) groups is 2. The van der Waals surface area contributed by atoms with E-state index in [0.717, 1.165) is 52.5 Å². The molecule has 0 spiro atoms. The summed E-state index contributed by atoms with van der Waals surface area (Å²) in [6, 6.07) is 16.3. The van der Waals surface area contributed by atoms with E-state index in [9.17, 15) is 36.3 Å². The summed E-state index contributed by atoms with van der Waals surface area (Å²) in [4.78, 5) is 26.2. The first-order valence-corrected chi connectivity index (χ1v) is 14.6. The van der Waals surface area contributed by atoms with Gasteiger partial charge in [0.2, 0.25) is 15.9 Å². The number of carboxylic acids is 1. The van der Waals surface area contributed by atoms with Gasteiger partial charge in [-0.1, -0.05) is 37.6 Å². The van der Waals surface area contributed by atoms with E-state index in [1.807, 2.05) is 24.3 Å². The van der Waals surface area contributed by atoms with Crippen LogP contribution in [0.2, 0.25) is 0 Å². The number of halogens is 3. The minimum absolute atomic E-state index is 0.0395. The Morgan fingerprint density at radius 1 is 0.952 bits per heavy atom. The molecule has 4 rings (SSSR count). The van der Waals surface area contributed by atoms with E-state index in [1.165, 1.54) is 12.1 Å². The molecular formula is C29H30F3N3O6S. The first-order valence-electron chi connectivity index (χ1n) is 13.2. The number of nitrogens with zero attached hydrogens (tertiary/aromatic N) is 2. The van der Waals surface area contributed by atoms with Crippen LogP contribution in [0.4, 0.5) is 18.9 Å². The number of benzene rings is 3. The third-order valence-electron chi connectivity index (χ3n) is 6.81. The molecule has 42 heavy (non-hydrogen) atoms. The molecule has 1 aliphatic heterocycles. The fourth-order valence-corrected chi connectivity index (χ4v) is 6.26. The Bertz CT molecular complexity index is 1500. The highest BCUT2D eigenvalue weighted by Crippen LogP contribution is 2.28. The van der Waals surface area contributed by atoms with E-state index in [4.69, 9.17) is 0 Å². The van der Waals surface area contributed by atoms with Crippen LogP contribution in [0.25, 0.3) is 0 Å². The van der Waals surface area contributed by atoms with E-state index in [1.54, 1.807) is 17.0 Å². The Kier molecular flexibility index (Phi) is 9.42. The molecule has 9 nitrogen and oxygen atoms in total. The Labute approximate surface area is 241 Å². The molecule has 1 aliphatic rings. The summed E-state index contributed by atoms with van der Waals surface area (Å²) in [6.07, 6.45) is -3.01. The van der Waals surface area contributed by atoms with E-state index >= 15 is 0 Å². The van der Waals surface area contributed by atoms with Gasteiger partial charge in [-0.25, -0.2) is 13.2 Å². The molecule has 1 amide bonds. The number of carboxylic acid groups (broad SMARTS) is 1. The molecule has 0 radical (unpaired) electrons. The number of amides is 1. The number of aryl methyl sites for hydroxylation is 1. The van der Waals surface area contributed by atoms with Gasteiger partial charge in [0.1, 0.15) is 11.8 Å². The predicted octanol–water partition coefficient (Wildman–Crippen LogP) is 4.43. The topological polar surface area (TPSA) is 116 Å². The fraction of sp³-hybridized carbons (Fsp3) is 0.310. The smallest absolute Gasteiger partial charge is 0.478 e. The van der Waals surface area contributed by atoms with E-state index in [2.05, 4.69) is 17.0 Å². The lowest BCUT2D eigenvalue weighted by molar-refractivity contribution is -0.274. The number of sulfonamides is 1. The second-order valence-electron chi connectivity index (χ2n) is 9.73. The highest BCUT2D eigenvalue weighted by Gasteiger charge is 2.40. The van der Waals surface area contributed by atoms with E-state index in [0.29, 0.717) is 5.69 Å². The summed E-state index contributed by atoms with van der Waals surface area (Å²) < 4.78 is 69.8. The normalized spacial score (nSPS) is 16.2. The van der Waals surface area contributed by atoms with Crippen LogP contribution in [0.15, 0.2) is 77.7 Å². The van der Waals surface area contributed by atoms with Gasteiger partial charge in [-0.05, 0) is 66.1 Å². The molecule has 224 valence electrons. The maximum Gasteiger partial charge on any atom is 0.573 e. The summed E-state index contributed by atoms with van der Waals surface area (Å²) in [6.45, 7) is 2.28. The number of ether oxygens (including phenoxy) is 1. The monoisotopic (exact) mass is 605 g/mol. The number of aromatic carboxylic acids is 1. The van der Waals surface area contributed by atoms with Gasteiger partial charge in [0.05, 0.1) is 10.5 Å². The number of rotatable bonds is 10. The van der Waals surface area contributed by atoms with Crippen LogP contribution in [0, 0.1) is 0 Å². The van der Waals surface area contributed by atoms with Crippen molar-refractivity contribution in [2.24, 2.45) is 0 Å². The molecule has 0 saturated carbocycles. The molecule has 13 heteroatoms. The Morgan fingerprint density at radius 3 is 2.14 bits per heavy atom. The molecule has 3 aromatic rings. The molecule has 2 N–H and O–H groups in total. The number of hydrogen-bond donors (Lipinski definition) is 2. The van der Waals surface area contributed by atoms with Crippen molar-refractivity contribution in [1.82, 2.24) is 9.62 Å². The number of hydrogen-bond acceptors (Lipinski definition) is 6. The minimum atomic E-state index is -4.93. The predicted molar refractivity (Wildman–Crippen MR) is 149 cm³/mol. The Hall–Kier alpha value is -4.10. The van der Waals surface area contributed by atoms with Gasteiger partial charge >= 0.3 is 12.3 Å². The summed E-state index contributed by atoms with van der Waals surface area (Å²) in [7, 11) is -4.30. The first kappa shape index (κ1) is 30.8.